The highest BCUT2D eigenvalue weighted by Gasteiger charge is 2.14. The molecule has 4 N–H and O–H groups in total. The number of hydrogen-bond acceptors (Lipinski definition) is 7. The molecule has 3 aromatic heterocycles. The maximum absolute atomic E-state index is 12.9. The highest BCUT2D eigenvalue weighted by atomic mass is 19.1. The summed E-state index contributed by atoms with van der Waals surface area (Å²) in [6, 6.07) is 12.3. The molecule has 0 radical (unpaired) electrons. The lowest BCUT2D eigenvalue weighted by Crippen LogP contribution is -2.19. The van der Waals surface area contributed by atoms with E-state index in [9.17, 15) is 14.0 Å². The molecule has 0 aliphatic carbocycles. The maximum Gasteiger partial charge on any atom is 0.439 e. The number of rotatable bonds is 6. The standard InChI is InChI=1S/C19H16FN7O3/c20-9-11(10-21)8-16-24-25-18(28)27(16)15-3-1-2-14(22-15)12-4-6-13(7-5-12)17-23-19(29)30-26-17/h1-7,9H,8,10,21H2,(H,25,28)(H,23,26,29)/b11-9+. The third kappa shape index (κ3) is 3.73. The number of aromatic nitrogens is 6. The molecule has 4 aromatic rings. The number of nitrogens with two attached hydrogens (primary N) is 1. The smallest absolute Gasteiger partial charge is 0.327 e. The van der Waals surface area contributed by atoms with E-state index in [0.29, 0.717) is 40.6 Å². The van der Waals surface area contributed by atoms with Crippen LogP contribution in [0, 0.1) is 0 Å². The van der Waals surface area contributed by atoms with Gasteiger partial charge in [0.2, 0.25) is 0 Å². The average Bonchev–Trinajstić information content (AvgIpc) is 3.37. The van der Waals surface area contributed by atoms with Gasteiger partial charge in [-0.2, -0.15) is 5.10 Å². The molecule has 3 heterocycles. The van der Waals surface area contributed by atoms with E-state index in [1.54, 1.807) is 42.5 Å². The first kappa shape index (κ1) is 19.2. The zero-order chi connectivity index (χ0) is 21.1. The van der Waals surface area contributed by atoms with Crippen molar-refractivity contribution in [1.29, 1.82) is 0 Å². The van der Waals surface area contributed by atoms with Gasteiger partial charge in [0.15, 0.2) is 5.82 Å². The Labute approximate surface area is 167 Å². The molecule has 11 heteroatoms. The molecule has 1 aromatic carbocycles. The fourth-order valence-corrected chi connectivity index (χ4v) is 2.90. The minimum absolute atomic E-state index is 0.00809. The van der Waals surface area contributed by atoms with Gasteiger partial charge in [-0.05, 0) is 17.7 Å². The van der Waals surface area contributed by atoms with Crippen molar-refractivity contribution in [2.24, 2.45) is 5.73 Å². The third-order valence-corrected chi connectivity index (χ3v) is 4.40. The van der Waals surface area contributed by atoms with Crippen LogP contribution in [0.2, 0.25) is 0 Å². The number of aromatic amines is 2. The van der Waals surface area contributed by atoms with Crippen LogP contribution in [-0.4, -0.2) is 36.4 Å². The van der Waals surface area contributed by atoms with Crippen LogP contribution in [-0.2, 0) is 6.42 Å². The van der Waals surface area contributed by atoms with E-state index in [1.807, 2.05) is 0 Å². The van der Waals surface area contributed by atoms with Crippen molar-refractivity contribution in [1.82, 2.24) is 29.9 Å². The second-order valence-corrected chi connectivity index (χ2v) is 6.33. The van der Waals surface area contributed by atoms with Gasteiger partial charge < -0.3 is 5.73 Å². The van der Waals surface area contributed by atoms with Gasteiger partial charge in [0, 0.05) is 24.1 Å². The summed E-state index contributed by atoms with van der Waals surface area (Å²) >= 11 is 0. The number of nitrogens with zero attached hydrogens (tertiary/aromatic N) is 4. The topological polar surface area (TPSA) is 148 Å². The Kier molecular flexibility index (Phi) is 5.18. The molecule has 0 bridgehead atoms. The predicted octanol–water partition coefficient (Wildman–Crippen LogP) is 1.32. The van der Waals surface area contributed by atoms with E-state index >= 15 is 0 Å². The molecule has 4 rings (SSSR count). The molecule has 0 aliphatic heterocycles. The molecule has 152 valence electrons. The molecule has 0 spiro atoms. The summed E-state index contributed by atoms with van der Waals surface area (Å²) in [7, 11) is 0. The van der Waals surface area contributed by atoms with Crippen molar-refractivity contribution in [3.8, 4) is 28.5 Å². The molecular formula is C19H16FN7O3. The van der Waals surface area contributed by atoms with Gasteiger partial charge in [0.1, 0.15) is 11.6 Å². The van der Waals surface area contributed by atoms with Gasteiger partial charge in [-0.3, -0.25) is 9.51 Å². The van der Waals surface area contributed by atoms with E-state index in [4.69, 9.17) is 5.73 Å². The summed E-state index contributed by atoms with van der Waals surface area (Å²) in [5, 5.41) is 9.96. The highest BCUT2D eigenvalue weighted by molar-refractivity contribution is 5.65. The van der Waals surface area contributed by atoms with Crippen molar-refractivity contribution in [2.75, 3.05) is 6.54 Å². The van der Waals surface area contributed by atoms with Gasteiger partial charge in [-0.25, -0.2) is 28.6 Å². The van der Waals surface area contributed by atoms with E-state index in [2.05, 4.69) is 29.8 Å². The van der Waals surface area contributed by atoms with Crippen LogP contribution in [0.25, 0.3) is 28.5 Å². The first-order chi connectivity index (χ1) is 14.6. The molecule has 30 heavy (non-hydrogen) atoms. The molecule has 0 saturated heterocycles. The fraction of sp³-hybridized carbons (Fsp3) is 0.105. The lowest BCUT2D eigenvalue weighted by molar-refractivity contribution is 0.388. The zero-order valence-electron chi connectivity index (χ0n) is 15.5. The minimum Gasteiger partial charge on any atom is -0.327 e. The van der Waals surface area contributed by atoms with Gasteiger partial charge in [0.25, 0.3) is 0 Å². The molecule has 0 amide bonds. The number of halogens is 1. The van der Waals surface area contributed by atoms with E-state index in [1.165, 1.54) is 4.57 Å². The lowest BCUT2D eigenvalue weighted by Gasteiger charge is -2.08. The highest BCUT2D eigenvalue weighted by Crippen LogP contribution is 2.22. The Balaban J connectivity index is 1.68. The fourth-order valence-electron chi connectivity index (χ4n) is 2.90. The average molecular weight is 409 g/mol. The number of H-pyrrole nitrogens is 2. The molecule has 0 saturated carbocycles. The van der Waals surface area contributed by atoms with Crippen LogP contribution >= 0.6 is 0 Å². The van der Waals surface area contributed by atoms with Crippen molar-refractivity contribution in [3.05, 3.63) is 81.2 Å². The molecule has 0 aliphatic rings. The molecule has 0 unspecified atom stereocenters. The van der Waals surface area contributed by atoms with Crippen molar-refractivity contribution in [3.63, 3.8) is 0 Å². The van der Waals surface area contributed by atoms with Crippen molar-refractivity contribution >= 4 is 0 Å². The maximum atomic E-state index is 12.9. The summed E-state index contributed by atoms with van der Waals surface area (Å²) in [6.07, 6.45) is 0.485. The first-order valence-corrected chi connectivity index (χ1v) is 8.87. The Morgan fingerprint density at radius 2 is 1.93 bits per heavy atom. The Morgan fingerprint density at radius 1 is 1.17 bits per heavy atom. The van der Waals surface area contributed by atoms with Crippen LogP contribution in [0.1, 0.15) is 5.82 Å². The minimum atomic E-state index is -0.634. The summed E-state index contributed by atoms with van der Waals surface area (Å²) < 4.78 is 18.7. The lowest BCUT2D eigenvalue weighted by atomic mass is 10.1. The molecular weight excluding hydrogens is 393 g/mol. The van der Waals surface area contributed by atoms with Crippen molar-refractivity contribution < 1.29 is 8.91 Å². The van der Waals surface area contributed by atoms with Gasteiger partial charge in [-0.15, -0.1) is 0 Å². The SMILES string of the molecule is NC/C(=C/F)Cc1n[nH]c(=O)n1-c1cccc(-c2ccc(-c3noc(=O)[nH]3)cc2)n1. The van der Waals surface area contributed by atoms with Crippen LogP contribution in [0.3, 0.4) is 0 Å². The summed E-state index contributed by atoms with van der Waals surface area (Å²) in [5.74, 6) is 0.315. The Bertz CT molecular complexity index is 1310. The monoisotopic (exact) mass is 409 g/mol. The van der Waals surface area contributed by atoms with E-state index < -0.39 is 11.4 Å². The molecule has 10 nitrogen and oxygen atoms in total. The third-order valence-electron chi connectivity index (χ3n) is 4.40. The van der Waals surface area contributed by atoms with Crippen LogP contribution in [0.4, 0.5) is 4.39 Å². The van der Waals surface area contributed by atoms with Crippen LogP contribution in [0.5, 0.6) is 0 Å². The Hall–Kier alpha value is -4.12. The Morgan fingerprint density at radius 3 is 2.60 bits per heavy atom. The van der Waals surface area contributed by atoms with Gasteiger partial charge >= 0.3 is 11.4 Å². The van der Waals surface area contributed by atoms with Crippen molar-refractivity contribution in [2.45, 2.75) is 6.42 Å². The van der Waals surface area contributed by atoms with E-state index in [0.717, 1.165) is 5.56 Å². The number of hydrogen-bond donors (Lipinski definition) is 3. The summed E-state index contributed by atoms with van der Waals surface area (Å²) in [6.45, 7) is 0.00809. The first-order valence-electron chi connectivity index (χ1n) is 8.87. The molecule has 0 atom stereocenters. The van der Waals surface area contributed by atoms with Gasteiger partial charge in [0.05, 0.1) is 12.0 Å². The number of nitrogens with one attached hydrogen (secondary N) is 2. The van der Waals surface area contributed by atoms with Crippen LogP contribution < -0.4 is 17.2 Å². The number of benzene rings is 1. The summed E-state index contributed by atoms with van der Waals surface area (Å²) in [5.41, 5.74) is 7.36. The van der Waals surface area contributed by atoms with E-state index in [-0.39, 0.29) is 13.0 Å². The second kappa shape index (κ2) is 8.09. The zero-order valence-corrected chi connectivity index (χ0v) is 15.5. The molecule has 0 fully saturated rings. The summed E-state index contributed by atoms with van der Waals surface area (Å²) in [4.78, 5) is 30.4. The predicted molar refractivity (Wildman–Crippen MR) is 105 cm³/mol. The quantitative estimate of drug-likeness (QED) is 0.435. The van der Waals surface area contributed by atoms with Crippen LogP contribution in [0.15, 0.2) is 68.5 Å². The second-order valence-electron chi connectivity index (χ2n) is 6.33. The largest absolute Gasteiger partial charge is 0.439 e. The van der Waals surface area contributed by atoms with Gasteiger partial charge in [-0.1, -0.05) is 35.5 Å². The normalized spacial score (nSPS) is 11.7. The number of pyridine rings is 1.